The highest BCUT2D eigenvalue weighted by molar-refractivity contribution is 14.0. The van der Waals surface area contributed by atoms with E-state index in [4.69, 9.17) is 9.41 Å². The molecule has 0 bridgehead atoms. The standard InChI is InChI=1S/C23H32N6O2.HI/c1-2-24-23(29-14-12-28(13-15-29)22(30)20-7-6-16-31-20)26-18-19-8-9-25-21(17-19)27-10-4-3-5-11-27;/h6-9,16-17H,2-5,10-15,18H2,1H3,(H,24,26);1H. The Morgan fingerprint density at radius 3 is 2.53 bits per heavy atom. The quantitative estimate of drug-likeness (QED) is 0.349. The first-order valence-corrected chi connectivity index (χ1v) is 11.3. The van der Waals surface area contributed by atoms with Crippen LogP contribution in [0.5, 0.6) is 0 Å². The SMILES string of the molecule is CCNC(=NCc1ccnc(N2CCCCC2)c1)N1CCN(C(=O)c2ccco2)CC1.I. The fourth-order valence-corrected chi connectivity index (χ4v) is 4.12. The van der Waals surface area contributed by atoms with Gasteiger partial charge in [-0.25, -0.2) is 9.98 Å². The van der Waals surface area contributed by atoms with E-state index in [0.29, 0.717) is 25.4 Å². The van der Waals surface area contributed by atoms with Gasteiger partial charge < -0.3 is 24.4 Å². The number of piperazine rings is 1. The third-order valence-electron chi connectivity index (χ3n) is 5.83. The van der Waals surface area contributed by atoms with E-state index >= 15 is 0 Å². The minimum Gasteiger partial charge on any atom is -0.459 e. The third-order valence-corrected chi connectivity index (χ3v) is 5.83. The lowest BCUT2D eigenvalue weighted by molar-refractivity contribution is 0.0657. The van der Waals surface area contributed by atoms with Gasteiger partial charge in [0.1, 0.15) is 5.82 Å². The fraction of sp³-hybridized carbons (Fsp3) is 0.522. The summed E-state index contributed by atoms with van der Waals surface area (Å²) in [6.07, 6.45) is 7.22. The van der Waals surface area contributed by atoms with E-state index in [1.165, 1.54) is 25.5 Å². The Kier molecular flexibility index (Phi) is 9.19. The molecule has 4 heterocycles. The Labute approximate surface area is 207 Å². The number of halogens is 1. The normalized spacial score (nSPS) is 17.2. The highest BCUT2D eigenvalue weighted by Crippen LogP contribution is 2.19. The monoisotopic (exact) mass is 552 g/mol. The molecule has 32 heavy (non-hydrogen) atoms. The molecule has 1 N–H and O–H groups in total. The molecule has 0 spiro atoms. The first-order chi connectivity index (χ1) is 15.2. The molecule has 0 saturated carbocycles. The Morgan fingerprint density at radius 2 is 1.84 bits per heavy atom. The number of guanidine groups is 1. The molecule has 0 unspecified atom stereocenters. The van der Waals surface area contributed by atoms with Crippen LogP contribution in [0.1, 0.15) is 42.3 Å². The maximum Gasteiger partial charge on any atom is 0.289 e. The molecule has 2 aliphatic rings. The molecule has 2 saturated heterocycles. The van der Waals surface area contributed by atoms with Crippen LogP contribution in [0.2, 0.25) is 0 Å². The van der Waals surface area contributed by atoms with Crippen molar-refractivity contribution in [3.8, 4) is 0 Å². The van der Waals surface area contributed by atoms with Gasteiger partial charge in [-0.3, -0.25) is 4.79 Å². The van der Waals surface area contributed by atoms with Gasteiger partial charge in [0.2, 0.25) is 0 Å². The lowest BCUT2D eigenvalue weighted by Gasteiger charge is -2.36. The molecule has 0 aliphatic carbocycles. The maximum atomic E-state index is 12.5. The van der Waals surface area contributed by atoms with E-state index in [2.05, 4.69) is 33.1 Å². The molecule has 2 fully saturated rings. The molecule has 8 nitrogen and oxygen atoms in total. The van der Waals surface area contributed by atoms with Crippen molar-refractivity contribution in [2.45, 2.75) is 32.7 Å². The smallest absolute Gasteiger partial charge is 0.289 e. The van der Waals surface area contributed by atoms with Crippen LogP contribution in [0.15, 0.2) is 46.1 Å². The predicted octanol–water partition coefficient (Wildman–Crippen LogP) is 3.21. The second-order valence-electron chi connectivity index (χ2n) is 8.00. The van der Waals surface area contributed by atoms with Crippen molar-refractivity contribution in [1.29, 1.82) is 0 Å². The maximum absolute atomic E-state index is 12.5. The summed E-state index contributed by atoms with van der Waals surface area (Å²) in [6, 6.07) is 7.67. The molecule has 2 aromatic rings. The molecule has 1 amide bonds. The zero-order valence-corrected chi connectivity index (χ0v) is 21.0. The number of anilines is 1. The number of furan rings is 1. The number of nitrogens with one attached hydrogen (secondary N) is 1. The Morgan fingerprint density at radius 1 is 1.09 bits per heavy atom. The van der Waals surface area contributed by atoms with Crippen molar-refractivity contribution in [3.05, 3.63) is 48.0 Å². The van der Waals surface area contributed by atoms with Crippen LogP contribution in [0.4, 0.5) is 5.82 Å². The molecule has 0 aromatic carbocycles. The van der Waals surface area contributed by atoms with Crippen molar-refractivity contribution in [3.63, 3.8) is 0 Å². The van der Waals surface area contributed by atoms with Crippen LogP contribution in [0.3, 0.4) is 0 Å². The van der Waals surface area contributed by atoms with Gasteiger partial charge in [-0.1, -0.05) is 0 Å². The van der Waals surface area contributed by atoms with Crippen molar-refractivity contribution >= 4 is 41.7 Å². The number of carbonyl (C=O) groups excluding carboxylic acids is 1. The van der Waals surface area contributed by atoms with Gasteiger partial charge in [-0.2, -0.15) is 0 Å². The average molecular weight is 552 g/mol. The molecule has 2 aliphatic heterocycles. The topological polar surface area (TPSA) is 77.2 Å². The van der Waals surface area contributed by atoms with Gasteiger partial charge in [-0.05, 0) is 56.0 Å². The van der Waals surface area contributed by atoms with E-state index in [-0.39, 0.29) is 29.9 Å². The number of nitrogens with zero attached hydrogens (tertiary/aromatic N) is 5. The van der Waals surface area contributed by atoms with Gasteiger partial charge >= 0.3 is 0 Å². The largest absolute Gasteiger partial charge is 0.459 e. The van der Waals surface area contributed by atoms with Crippen molar-refractivity contribution in [2.75, 3.05) is 50.7 Å². The molecule has 4 rings (SSSR count). The summed E-state index contributed by atoms with van der Waals surface area (Å²) in [6.45, 7) is 8.45. The van der Waals surface area contributed by atoms with Gasteiger partial charge in [0, 0.05) is 52.0 Å². The van der Waals surface area contributed by atoms with Crippen molar-refractivity contribution in [2.24, 2.45) is 4.99 Å². The van der Waals surface area contributed by atoms with E-state index in [0.717, 1.165) is 50.1 Å². The Balaban J connectivity index is 0.00000289. The summed E-state index contributed by atoms with van der Waals surface area (Å²) in [5.74, 6) is 2.30. The van der Waals surface area contributed by atoms with E-state index in [1.54, 1.807) is 12.1 Å². The molecule has 0 radical (unpaired) electrons. The molecule has 2 aromatic heterocycles. The van der Waals surface area contributed by atoms with Crippen LogP contribution in [-0.2, 0) is 6.54 Å². The molecular weight excluding hydrogens is 519 g/mol. The van der Waals surface area contributed by atoms with Crippen LogP contribution >= 0.6 is 24.0 Å². The second-order valence-corrected chi connectivity index (χ2v) is 8.00. The number of hydrogen-bond donors (Lipinski definition) is 1. The molecule has 9 heteroatoms. The summed E-state index contributed by atoms with van der Waals surface area (Å²) in [7, 11) is 0. The average Bonchev–Trinajstić information content (AvgIpc) is 3.37. The Hall–Kier alpha value is -2.30. The van der Waals surface area contributed by atoms with E-state index in [1.807, 2.05) is 17.2 Å². The van der Waals surface area contributed by atoms with Crippen LogP contribution in [0.25, 0.3) is 0 Å². The van der Waals surface area contributed by atoms with Gasteiger partial charge in [0.25, 0.3) is 5.91 Å². The minimum absolute atomic E-state index is 0. The van der Waals surface area contributed by atoms with Crippen LogP contribution in [0, 0.1) is 0 Å². The lowest BCUT2D eigenvalue weighted by atomic mass is 10.1. The zero-order chi connectivity index (χ0) is 21.5. The molecular formula is C23H33IN6O2. The van der Waals surface area contributed by atoms with E-state index < -0.39 is 0 Å². The lowest BCUT2D eigenvalue weighted by Crippen LogP contribution is -2.53. The zero-order valence-electron chi connectivity index (χ0n) is 18.7. The first kappa shape index (κ1) is 24.3. The minimum atomic E-state index is -0.0476. The number of hydrogen-bond acceptors (Lipinski definition) is 5. The third kappa shape index (κ3) is 6.14. The van der Waals surface area contributed by atoms with E-state index in [9.17, 15) is 4.79 Å². The molecule has 0 atom stereocenters. The highest BCUT2D eigenvalue weighted by Gasteiger charge is 2.25. The van der Waals surface area contributed by atoms with Crippen molar-refractivity contribution < 1.29 is 9.21 Å². The van der Waals surface area contributed by atoms with Crippen LogP contribution < -0.4 is 10.2 Å². The number of pyridine rings is 1. The molecule has 174 valence electrons. The summed E-state index contributed by atoms with van der Waals surface area (Å²) in [4.78, 5) is 28.4. The number of rotatable bonds is 5. The highest BCUT2D eigenvalue weighted by atomic mass is 127. The van der Waals surface area contributed by atoms with Gasteiger partial charge in [0.15, 0.2) is 11.7 Å². The number of piperidine rings is 1. The van der Waals surface area contributed by atoms with Crippen molar-refractivity contribution in [1.82, 2.24) is 20.1 Å². The first-order valence-electron chi connectivity index (χ1n) is 11.3. The fourth-order valence-electron chi connectivity index (χ4n) is 4.12. The predicted molar refractivity (Wildman–Crippen MR) is 137 cm³/mol. The van der Waals surface area contributed by atoms with Gasteiger partial charge in [-0.15, -0.1) is 24.0 Å². The number of aromatic nitrogens is 1. The van der Waals surface area contributed by atoms with Gasteiger partial charge in [0.05, 0.1) is 12.8 Å². The number of amides is 1. The number of aliphatic imine (C=N–C) groups is 1. The van der Waals surface area contributed by atoms with Crippen LogP contribution in [-0.4, -0.2) is 72.5 Å². The summed E-state index contributed by atoms with van der Waals surface area (Å²) < 4.78 is 5.25. The Bertz CT molecular complexity index is 874. The second kappa shape index (κ2) is 12.1. The summed E-state index contributed by atoms with van der Waals surface area (Å²) >= 11 is 0. The summed E-state index contributed by atoms with van der Waals surface area (Å²) in [5, 5.41) is 3.40. The summed E-state index contributed by atoms with van der Waals surface area (Å²) in [5.41, 5.74) is 1.16. The number of carbonyl (C=O) groups is 1.